The first-order valence-electron chi connectivity index (χ1n) is 5.72. The second-order valence-electron chi connectivity index (χ2n) is 4.98. The molecular weight excluding hydrogens is 196 g/mol. The zero-order valence-electron chi connectivity index (χ0n) is 10.5. The molecule has 0 unspecified atom stereocenters. The average molecular weight is 218 g/mol. The van der Waals surface area contributed by atoms with Gasteiger partial charge < -0.3 is 11.1 Å². The van der Waals surface area contributed by atoms with Crippen LogP contribution in [0.5, 0.6) is 0 Å². The molecule has 0 atom stereocenters. The molecule has 0 fully saturated rings. The van der Waals surface area contributed by atoms with Crippen LogP contribution in [0.15, 0.2) is 30.3 Å². The number of nitrogens with one attached hydrogen (secondary N) is 1. The van der Waals surface area contributed by atoms with Crippen molar-refractivity contribution >= 4 is 6.08 Å². The van der Waals surface area contributed by atoms with Crippen LogP contribution in [-0.4, -0.2) is 12.1 Å². The standard InChI is InChI=1S/C14H22N2/c1-14(2,3)16-11-13-8-6-12(7-9-13)5-4-10-15/h4-9,16H,10-11,15H2,1-3H3. The second kappa shape index (κ2) is 5.83. The van der Waals surface area contributed by atoms with Gasteiger partial charge in [-0.25, -0.2) is 0 Å². The summed E-state index contributed by atoms with van der Waals surface area (Å²) < 4.78 is 0. The van der Waals surface area contributed by atoms with Gasteiger partial charge in [0.05, 0.1) is 0 Å². The normalized spacial score (nSPS) is 12.2. The first kappa shape index (κ1) is 12.9. The van der Waals surface area contributed by atoms with Crippen LogP contribution in [0.4, 0.5) is 0 Å². The SMILES string of the molecule is CC(C)(C)NCc1ccc(C=CCN)cc1. The largest absolute Gasteiger partial charge is 0.327 e. The third-order valence-electron chi connectivity index (χ3n) is 2.25. The molecule has 2 nitrogen and oxygen atoms in total. The lowest BCUT2D eigenvalue weighted by Gasteiger charge is -2.20. The topological polar surface area (TPSA) is 38.0 Å². The highest BCUT2D eigenvalue weighted by atomic mass is 14.9. The molecule has 2 heteroatoms. The van der Waals surface area contributed by atoms with Gasteiger partial charge in [-0.05, 0) is 31.9 Å². The summed E-state index contributed by atoms with van der Waals surface area (Å²) >= 11 is 0. The maximum Gasteiger partial charge on any atom is 0.0210 e. The maximum atomic E-state index is 5.41. The average Bonchev–Trinajstić information content (AvgIpc) is 2.24. The van der Waals surface area contributed by atoms with Crippen molar-refractivity contribution in [2.75, 3.05) is 6.54 Å². The Bertz CT molecular complexity index is 331. The fraction of sp³-hybridized carbons (Fsp3) is 0.429. The Hall–Kier alpha value is -1.12. The Morgan fingerprint density at radius 3 is 2.31 bits per heavy atom. The van der Waals surface area contributed by atoms with Crippen molar-refractivity contribution < 1.29 is 0 Å². The van der Waals surface area contributed by atoms with Crippen molar-refractivity contribution in [1.29, 1.82) is 0 Å². The van der Waals surface area contributed by atoms with Gasteiger partial charge in [0.15, 0.2) is 0 Å². The zero-order valence-corrected chi connectivity index (χ0v) is 10.5. The summed E-state index contributed by atoms with van der Waals surface area (Å²) in [5.41, 5.74) is 8.07. The van der Waals surface area contributed by atoms with Crippen LogP contribution in [0.3, 0.4) is 0 Å². The smallest absolute Gasteiger partial charge is 0.0210 e. The molecule has 0 bridgehead atoms. The molecule has 0 radical (unpaired) electrons. The van der Waals surface area contributed by atoms with Crippen LogP contribution in [-0.2, 0) is 6.54 Å². The molecule has 1 aromatic carbocycles. The van der Waals surface area contributed by atoms with Crippen molar-refractivity contribution in [3.05, 3.63) is 41.5 Å². The molecule has 0 aliphatic rings. The highest BCUT2D eigenvalue weighted by molar-refractivity contribution is 5.49. The highest BCUT2D eigenvalue weighted by Crippen LogP contribution is 2.08. The Morgan fingerprint density at radius 2 is 1.81 bits per heavy atom. The van der Waals surface area contributed by atoms with E-state index in [4.69, 9.17) is 5.73 Å². The van der Waals surface area contributed by atoms with Gasteiger partial charge in [-0.15, -0.1) is 0 Å². The van der Waals surface area contributed by atoms with Gasteiger partial charge in [-0.1, -0.05) is 36.4 Å². The predicted octanol–water partition coefficient (Wildman–Crippen LogP) is 2.55. The molecule has 0 spiro atoms. The fourth-order valence-corrected chi connectivity index (χ4v) is 1.32. The summed E-state index contributed by atoms with van der Waals surface area (Å²) in [5.74, 6) is 0. The summed E-state index contributed by atoms with van der Waals surface area (Å²) in [5, 5.41) is 3.46. The lowest BCUT2D eigenvalue weighted by atomic mass is 10.1. The van der Waals surface area contributed by atoms with Gasteiger partial charge in [0, 0.05) is 18.6 Å². The van der Waals surface area contributed by atoms with E-state index in [1.807, 2.05) is 12.2 Å². The van der Waals surface area contributed by atoms with Crippen molar-refractivity contribution in [1.82, 2.24) is 5.32 Å². The summed E-state index contributed by atoms with van der Waals surface area (Å²) in [6.07, 6.45) is 4.00. The van der Waals surface area contributed by atoms with Crippen molar-refractivity contribution in [2.45, 2.75) is 32.9 Å². The van der Waals surface area contributed by atoms with Crippen LogP contribution in [0.1, 0.15) is 31.9 Å². The van der Waals surface area contributed by atoms with Gasteiger partial charge in [-0.2, -0.15) is 0 Å². The fourth-order valence-electron chi connectivity index (χ4n) is 1.32. The van der Waals surface area contributed by atoms with E-state index in [-0.39, 0.29) is 5.54 Å². The Balaban J connectivity index is 2.55. The van der Waals surface area contributed by atoms with Crippen molar-refractivity contribution in [3.63, 3.8) is 0 Å². The summed E-state index contributed by atoms with van der Waals surface area (Å²) in [7, 11) is 0. The van der Waals surface area contributed by atoms with Crippen molar-refractivity contribution in [2.24, 2.45) is 5.73 Å². The molecule has 0 aromatic heterocycles. The van der Waals surface area contributed by atoms with Gasteiger partial charge in [-0.3, -0.25) is 0 Å². The number of hydrogen-bond donors (Lipinski definition) is 2. The van der Waals surface area contributed by atoms with E-state index in [2.05, 4.69) is 50.4 Å². The minimum atomic E-state index is 0.165. The van der Waals surface area contributed by atoms with Crippen molar-refractivity contribution in [3.8, 4) is 0 Å². The molecular formula is C14H22N2. The van der Waals surface area contributed by atoms with Crippen LogP contribution in [0, 0.1) is 0 Å². The maximum absolute atomic E-state index is 5.41. The van der Waals surface area contributed by atoms with E-state index >= 15 is 0 Å². The summed E-state index contributed by atoms with van der Waals surface area (Å²) in [6.45, 7) is 8.01. The molecule has 0 saturated heterocycles. The monoisotopic (exact) mass is 218 g/mol. The third-order valence-corrected chi connectivity index (χ3v) is 2.25. The molecule has 1 aromatic rings. The quantitative estimate of drug-likeness (QED) is 0.815. The third kappa shape index (κ3) is 5.10. The first-order valence-corrected chi connectivity index (χ1v) is 5.72. The van der Waals surface area contributed by atoms with E-state index in [0.29, 0.717) is 6.54 Å². The summed E-state index contributed by atoms with van der Waals surface area (Å²) in [4.78, 5) is 0. The highest BCUT2D eigenvalue weighted by Gasteiger charge is 2.07. The minimum absolute atomic E-state index is 0.165. The molecule has 3 N–H and O–H groups in total. The predicted molar refractivity (Wildman–Crippen MR) is 71.1 cm³/mol. The summed E-state index contributed by atoms with van der Waals surface area (Å²) in [6, 6.07) is 8.53. The lowest BCUT2D eigenvalue weighted by Crippen LogP contribution is -2.35. The molecule has 0 amide bonds. The van der Waals surface area contributed by atoms with Gasteiger partial charge >= 0.3 is 0 Å². The Morgan fingerprint density at radius 1 is 1.19 bits per heavy atom. The number of rotatable bonds is 4. The second-order valence-corrected chi connectivity index (χ2v) is 4.98. The first-order chi connectivity index (χ1) is 7.51. The van der Waals surface area contributed by atoms with Gasteiger partial charge in [0.2, 0.25) is 0 Å². The van der Waals surface area contributed by atoms with E-state index in [1.54, 1.807) is 0 Å². The Labute approximate surface area is 98.6 Å². The molecule has 0 aliphatic heterocycles. The van der Waals surface area contributed by atoms with Crippen LogP contribution in [0.25, 0.3) is 6.08 Å². The van der Waals surface area contributed by atoms with Crippen LogP contribution in [0.2, 0.25) is 0 Å². The van der Waals surface area contributed by atoms with Crippen LogP contribution >= 0.6 is 0 Å². The number of hydrogen-bond acceptors (Lipinski definition) is 2. The van der Waals surface area contributed by atoms with E-state index in [1.165, 1.54) is 11.1 Å². The number of nitrogens with two attached hydrogens (primary N) is 1. The van der Waals surface area contributed by atoms with Gasteiger partial charge in [0.1, 0.15) is 0 Å². The molecule has 88 valence electrons. The van der Waals surface area contributed by atoms with E-state index in [0.717, 1.165) is 6.54 Å². The molecule has 0 heterocycles. The molecule has 0 saturated carbocycles. The van der Waals surface area contributed by atoms with E-state index < -0.39 is 0 Å². The number of benzene rings is 1. The Kier molecular flexibility index (Phi) is 4.71. The lowest BCUT2D eigenvalue weighted by molar-refractivity contribution is 0.424. The minimum Gasteiger partial charge on any atom is -0.327 e. The molecule has 0 aliphatic carbocycles. The van der Waals surface area contributed by atoms with Gasteiger partial charge in [0.25, 0.3) is 0 Å². The zero-order chi connectivity index (χ0) is 12.0. The molecule has 16 heavy (non-hydrogen) atoms. The van der Waals surface area contributed by atoms with E-state index in [9.17, 15) is 0 Å². The molecule has 1 rings (SSSR count). The van der Waals surface area contributed by atoms with Crippen LogP contribution < -0.4 is 11.1 Å².